The fourth-order valence-electron chi connectivity index (χ4n) is 1.70. The zero-order chi connectivity index (χ0) is 8.27. The first-order chi connectivity index (χ1) is 5.25. The molecule has 0 aliphatic carbocycles. The molecule has 0 bridgehead atoms. The molecular weight excluding hydrogens is 140 g/mol. The zero-order valence-electron chi connectivity index (χ0n) is 7.26. The summed E-state index contributed by atoms with van der Waals surface area (Å²) >= 11 is 0. The molecule has 11 heavy (non-hydrogen) atoms. The van der Waals surface area contributed by atoms with Crippen LogP contribution in [0.25, 0.3) is 0 Å². The van der Waals surface area contributed by atoms with Crippen molar-refractivity contribution in [3.63, 3.8) is 0 Å². The average Bonchev–Trinajstić information content (AvgIpc) is 2.36. The van der Waals surface area contributed by atoms with E-state index in [9.17, 15) is 4.79 Å². The molecule has 1 aliphatic heterocycles. The normalized spacial score (nSPS) is 24.2. The lowest BCUT2D eigenvalue weighted by molar-refractivity contribution is -0.129. The largest absolute Gasteiger partial charge is 0.339 e. The van der Waals surface area contributed by atoms with E-state index in [0.29, 0.717) is 6.04 Å². The Morgan fingerprint density at radius 1 is 1.73 bits per heavy atom. The van der Waals surface area contributed by atoms with E-state index in [2.05, 4.69) is 5.32 Å². The Hall–Kier alpha value is -0.570. The zero-order valence-corrected chi connectivity index (χ0v) is 7.26. The van der Waals surface area contributed by atoms with Gasteiger partial charge in [0, 0.05) is 26.1 Å². The second-order valence-electron chi connectivity index (χ2n) is 3.07. The fraction of sp³-hybridized carbons (Fsp3) is 0.875. The number of nitrogens with one attached hydrogen (secondary N) is 1. The number of hydrogen-bond acceptors (Lipinski definition) is 2. The van der Waals surface area contributed by atoms with Gasteiger partial charge in [-0.1, -0.05) is 0 Å². The van der Waals surface area contributed by atoms with Gasteiger partial charge in [0.05, 0.1) is 0 Å². The van der Waals surface area contributed by atoms with Crippen molar-refractivity contribution in [2.75, 3.05) is 20.1 Å². The third-order valence-electron chi connectivity index (χ3n) is 2.22. The standard InChI is InChI=1S/C8H16N2O/c1-7(11)10-5-3-4-8(10)6-9-2/h8-9H,3-6H2,1-2H3/t8-/m0/s1. The summed E-state index contributed by atoms with van der Waals surface area (Å²) in [5.41, 5.74) is 0. The number of carbonyl (C=O) groups is 1. The molecule has 1 atom stereocenters. The van der Waals surface area contributed by atoms with Gasteiger partial charge in [-0.3, -0.25) is 4.79 Å². The van der Waals surface area contributed by atoms with Crippen molar-refractivity contribution in [2.24, 2.45) is 0 Å². The summed E-state index contributed by atoms with van der Waals surface area (Å²) < 4.78 is 0. The third-order valence-corrected chi connectivity index (χ3v) is 2.22. The smallest absolute Gasteiger partial charge is 0.219 e. The van der Waals surface area contributed by atoms with E-state index in [1.807, 2.05) is 11.9 Å². The van der Waals surface area contributed by atoms with Crippen LogP contribution in [0.5, 0.6) is 0 Å². The van der Waals surface area contributed by atoms with Crippen LogP contribution < -0.4 is 5.32 Å². The van der Waals surface area contributed by atoms with Crippen molar-refractivity contribution in [1.82, 2.24) is 10.2 Å². The molecule has 3 nitrogen and oxygen atoms in total. The Morgan fingerprint density at radius 3 is 3.00 bits per heavy atom. The molecule has 0 spiro atoms. The van der Waals surface area contributed by atoms with Crippen LogP contribution >= 0.6 is 0 Å². The second-order valence-corrected chi connectivity index (χ2v) is 3.07. The Morgan fingerprint density at radius 2 is 2.45 bits per heavy atom. The summed E-state index contributed by atoms with van der Waals surface area (Å²) in [6.07, 6.45) is 2.31. The van der Waals surface area contributed by atoms with E-state index >= 15 is 0 Å². The first-order valence-corrected chi connectivity index (χ1v) is 4.17. The van der Waals surface area contributed by atoms with Gasteiger partial charge >= 0.3 is 0 Å². The number of nitrogens with zero attached hydrogens (tertiary/aromatic N) is 1. The van der Waals surface area contributed by atoms with Crippen LogP contribution in [0.2, 0.25) is 0 Å². The predicted octanol–water partition coefficient (Wildman–Crippen LogP) is 0.217. The van der Waals surface area contributed by atoms with Crippen molar-refractivity contribution in [3.05, 3.63) is 0 Å². The van der Waals surface area contributed by atoms with Gasteiger partial charge < -0.3 is 10.2 Å². The van der Waals surface area contributed by atoms with Crippen LogP contribution in [0.15, 0.2) is 0 Å². The molecule has 1 saturated heterocycles. The van der Waals surface area contributed by atoms with Crippen LogP contribution in [-0.4, -0.2) is 37.0 Å². The summed E-state index contributed by atoms with van der Waals surface area (Å²) in [6.45, 7) is 3.52. The Balaban J connectivity index is 2.44. The minimum Gasteiger partial charge on any atom is -0.339 e. The molecule has 1 N–H and O–H groups in total. The summed E-state index contributed by atoms with van der Waals surface area (Å²) in [4.78, 5) is 13.0. The summed E-state index contributed by atoms with van der Waals surface area (Å²) in [6, 6.07) is 0.442. The molecule has 1 heterocycles. The summed E-state index contributed by atoms with van der Waals surface area (Å²) in [5, 5.41) is 3.10. The first-order valence-electron chi connectivity index (χ1n) is 4.17. The molecule has 1 fully saturated rings. The van der Waals surface area contributed by atoms with Crippen molar-refractivity contribution in [3.8, 4) is 0 Å². The lowest BCUT2D eigenvalue weighted by atomic mass is 10.2. The monoisotopic (exact) mass is 156 g/mol. The molecule has 64 valence electrons. The average molecular weight is 156 g/mol. The minimum absolute atomic E-state index is 0.211. The molecule has 0 aromatic heterocycles. The van der Waals surface area contributed by atoms with E-state index < -0.39 is 0 Å². The maximum Gasteiger partial charge on any atom is 0.219 e. The Labute approximate surface area is 67.8 Å². The van der Waals surface area contributed by atoms with Crippen molar-refractivity contribution < 1.29 is 4.79 Å². The molecule has 1 amide bonds. The molecule has 3 heteroatoms. The minimum atomic E-state index is 0.211. The SMILES string of the molecule is CNC[C@@H]1CCCN1C(C)=O. The van der Waals surface area contributed by atoms with Gasteiger partial charge in [-0.25, -0.2) is 0 Å². The van der Waals surface area contributed by atoms with Crippen LogP contribution in [0.4, 0.5) is 0 Å². The number of likely N-dealkylation sites (tertiary alicyclic amines) is 1. The molecule has 1 rings (SSSR count). The van der Waals surface area contributed by atoms with E-state index in [4.69, 9.17) is 0 Å². The molecule has 0 aromatic carbocycles. The highest BCUT2D eigenvalue weighted by Gasteiger charge is 2.25. The van der Waals surface area contributed by atoms with Gasteiger partial charge in [-0.15, -0.1) is 0 Å². The molecule has 0 radical (unpaired) electrons. The van der Waals surface area contributed by atoms with Gasteiger partial charge in [0.25, 0.3) is 0 Å². The number of amides is 1. The van der Waals surface area contributed by atoms with E-state index in [0.717, 1.165) is 25.9 Å². The maximum atomic E-state index is 11.0. The first kappa shape index (κ1) is 8.53. The molecule has 0 aromatic rings. The number of likely N-dealkylation sites (N-methyl/N-ethyl adjacent to an activating group) is 1. The fourth-order valence-corrected chi connectivity index (χ4v) is 1.70. The molecule has 1 aliphatic rings. The number of hydrogen-bond donors (Lipinski definition) is 1. The van der Waals surface area contributed by atoms with E-state index in [1.54, 1.807) is 6.92 Å². The number of rotatable bonds is 2. The van der Waals surface area contributed by atoms with Crippen molar-refractivity contribution in [1.29, 1.82) is 0 Å². The van der Waals surface area contributed by atoms with Crippen LogP contribution in [0.3, 0.4) is 0 Å². The highest BCUT2D eigenvalue weighted by atomic mass is 16.2. The second kappa shape index (κ2) is 3.72. The highest BCUT2D eigenvalue weighted by molar-refractivity contribution is 5.73. The van der Waals surface area contributed by atoms with Crippen LogP contribution in [-0.2, 0) is 4.79 Å². The Bertz CT molecular complexity index is 147. The van der Waals surface area contributed by atoms with Crippen molar-refractivity contribution in [2.45, 2.75) is 25.8 Å². The van der Waals surface area contributed by atoms with Gasteiger partial charge in [-0.05, 0) is 19.9 Å². The van der Waals surface area contributed by atoms with Gasteiger partial charge in [0.1, 0.15) is 0 Å². The molecule has 0 unspecified atom stereocenters. The lowest BCUT2D eigenvalue weighted by Crippen LogP contribution is -2.39. The summed E-state index contributed by atoms with van der Waals surface area (Å²) in [7, 11) is 1.93. The van der Waals surface area contributed by atoms with Gasteiger partial charge in [0.15, 0.2) is 0 Å². The highest BCUT2D eigenvalue weighted by Crippen LogP contribution is 2.15. The van der Waals surface area contributed by atoms with Crippen LogP contribution in [0, 0.1) is 0 Å². The van der Waals surface area contributed by atoms with Gasteiger partial charge in [-0.2, -0.15) is 0 Å². The Kier molecular flexibility index (Phi) is 2.88. The lowest BCUT2D eigenvalue weighted by Gasteiger charge is -2.22. The molecule has 0 saturated carbocycles. The van der Waals surface area contributed by atoms with E-state index in [-0.39, 0.29) is 5.91 Å². The quantitative estimate of drug-likeness (QED) is 0.620. The van der Waals surface area contributed by atoms with Crippen LogP contribution in [0.1, 0.15) is 19.8 Å². The third kappa shape index (κ3) is 1.93. The van der Waals surface area contributed by atoms with Gasteiger partial charge in [0.2, 0.25) is 5.91 Å². The topological polar surface area (TPSA) is 32.3 Å². The molecular formula is C8H16N2O. The van der Waals surface area contributed by atoms with Crippen molar-refractivity contribution >= 4 is 5.91 Å². The van der Waals surface area contributed by atoms with E-state index in [1.165, 1.54) is 0 Å². The maximum absolute atomic E-state index is 11.0. The summed E-state index contributed by atoms with van der Waals surface area (Å²) in [5.74, 6) is 0.211. The predicted molar refractivity (Wildman–Crippen MR) is 44.3 cm³/mol. The number of carbonyl (C=O) groups excluding carboxylic acids is 1.